The minimum Gasteiger partial charge on any atom is -0.465 e. The number of hydrogen-bond donors (Lipinski definition) is 1. The summed E-state index contributed by atoms with van der Waals surface area (Å²) < 4.78 is 4.79. The van der Waals surface area contributed by atoms with Crippen LogP contribution in [0.4, 0.5) is 5.69 Å². The molecule has 0 spiro atoms. The van der Waals surface area contributed by atoms with E-state index in [1.165, 1.54) is 7.11 Å². The molecule has 0 amide bonds. The molecule has 0 heterocycles. The van der Waals surface area contributed by atoms with Gasteiger partial charge in [-0.1, -0.05) is 30.0 Å². The predicted octanol–water partition coefficient (Wildman–Crippen LogP) is 4.08. The third-order valence-corrected chi connectivity index (χ3v) is 3.07. The molecule has 2 aromatic rings. The van der Waals surface area contributed by atoms with E-state index in [0.29, 0.717) is 5.56 Å². The van der Waals surface area contributed by atoms with Gasteiger partial charge in [-0.05, 0) is 51.1 Å². The van der Waals surface area contributed by atoms with Crippen LogP contribution >= 0.6 is 0 Å². The van der Waals surface area contributed by atoms with E-state index in [4.69, 9.17) is 4.74 Å². The Labute approximate surface area is 137 Å². The number of carbonyl (C=O) groups is 1. The standard InChI is InChI=1S/C20H21NO2/c1-20(2,3)21-18-14-17(19(22)23-4)13-12-16(18)11-10-15-8-6-5-7-9-15/h5-9,12-14,21H,1-4H3. The fourth-order valence-electron chi connectivity index (χ4n) is 2.07. The van der Waals surface area contributed by atoms with Gasteiger partial charge in [-0.25, -0.2) is 4.79 Å². The predicted molar refractivity (Wildman–Crippen MR) is 93.6 cm³/mol. The Balaban J connectivity index is 2.42. The highest BCUT2D eigenvalue weighted by Crippen LogP contribution is 2.22. The maximum absolute atomic E-state index is 11.7. The number of methoxy groups -OCH3 is 1. The van der Waals surface area contributed by atoms with Gasteiger partial charge in [-0.15, -0.1) is 0 Å². The number of ether oxygens (including phenoxy) is 1. The first-order valence-corrected chi connectivity index (χ1v) is 7.47. The summed E-state index contributed by atoms with van der Waals surface area (Å²) in [4.78, 5) is 11.7. The highest BCUT2D eigenvalue weighted by molar-refractivity contribution is 5.91. The van der Waals surface area contributed by atoms with Crippen LogP contribution in [0.5, 0.6) is 0 Å². The summed E-state index contributed by atoms with van der Waals surface area (Å²) in [6.07, 6.45) is 0. The molecule has 23 heavy (non-hydrogen) atoms. The lowest BCUT2D eigenvalue weighted by Crippen LogP contribution is -2.26. The van der Waals surface area contributed by atoms with Gasteiger partial charge in [-0.3, -0.25) is 0 Å². The van der Waals surface area contributed by atoms with Crippen LogP contribution in [0.25, 0.3) is 0 Å². The zero-order valence-corrected chi connectivity index (χ0v) is 13.9. The smallest absolute Gasteiger partial charge is 0.337 e. The van der Waals surface area contributed by atoms with Gasteiger partial charge in [0, 0.05) is 16.7 Å². The van der Waals surface area contributed by atoms with Gasteiger partial charge < -0.3 is 10.1 Å². The third-order valence-electron chi connectivity index (χ3n) is 3.07. The summed E-state index contributed by atoms with van der Waals surface area (Å²) in [7, 11) is 1.38. The second-order valence-electron chi connectivity index (χ2n) is 6.24. The first kappa shape index (κ1) is 16.6. The van der Waals surface area contributed by atoms with Crippen LogP contribution < -0.4 is 5.32 Å². The van der Waals surface area contributed by atoms with Crippen molar-refractivity contribution in [1.82, 2.24) is 0 Å². The van der Waals surface area contributed by atoms with Crippen molar-refractivity contribution < 1.29 is 9.53 Å². The van der Waals surface area contributed by atoms with Gasteiger partial charge >= 0.3 is 5.97 Å². The minimum absolute atomic E-state index is 0.141. The molecule has 3 nitrogen and oxygen atoms in total. The largest absolute Gasteiger partial charge is 0.465 e. The minimum atomic E-state index is -0.357. The Morgan fingerprint density at radius 2 is 1.74 bits per heavy atom. The van der Waals surface area contributed by atoms with Crippen LogP contribution in [-0.4, -0.2) is 18.6 Å². The van der Waals surface area contributed by atoms with Crippen LogP contribution in [0.2, 0.25) is 0 Å². The monoisotopic (exact) mass is 307 g/mol. The fraction of sp³-hybridized carbons (Fsp3) is 0.250. The average Bonchev–Trinajstić information content (AvgIpc) is 2.52. The highest BCUT2D eigenvalue weighted by atomic mass is 16.5. The number of carbonyl (C=O) groups excluding carboxylic acids is 1. The van der Waals surface area contributed by atoms with E-state index in [0.717, 1.165) is 16.8 Å². The number of nitrogens with one attached hydrogen (secondary N) is 1. The van der Waals surface area contributed by atoms with Crippen LogP contribution in [0, 0.1) is 11.8 Å². The van der Waals surface area contributed by atoms with Gasteiger partial charge in [0.25, 0.3) is 0 Å². The number of hydrogen-bond acceptors (Lipinski definition) is 3. The maximum atomic E-state index is 11.7. The Bertz CT molecular complexity index is 747. The summed E-state index contributed by atoms with van der Waals surface area (Å²) in [6, 6.07) is 15.2. The number of anilines is 1. The van der Waals surface area contributed by atoms with Crippen molar-refractivity contribution >= 4 is 11.7 Å². The second-order valence-corrected chi connectivity index (χ2v) is 6.24. The lowest BCUT2D eigenvalue weighted by molar-refractivity contribution is 0.0601. The molecule has 1 N–H and O–H groups in total. The van der Waals surface area contributed by atoms with Crippen molar-refractivity contribution in [2.24, 2.45) is 0 Å². The van der Waals surface area contributed by atoms with E-state index < -0.39 is 0 Å². The molecular weight excluding hydrogens is 286 g/mol. The van der Waals surface area contributed by atoms with E-state index in [1.54, 1.807) is 12.1 Å². The van der Waals surface area contributed by atoms with Crippen molar-refractivity contribution in [3.05, 3.63) is 65.2 Å². The molecule has 0 aliphatic rings. The molecule has 0 unspecified atom stereocenters. The van der Waals surface area contributed by atoms with Gasteiger partial charge in [0.2, 0.25) is 0 Å². The number of esters is 1. The summed E-state index contributed by atoms with van der Waals surface area (Å²) >= 11 is 0. The zero-order chi connectivity index (χ0) is 16.9. The Hall–Kier alpha value is -2.73. The number of rotatable bonds is 2. The van der Waals surface area contributed by atoms with Crippen LogP contribution in [0.15, 0.2) is 48.5 Å². The lowest BCUT2D eigenvalue weighted by Gasteiger charge is -2.23. The molecule has 0 fully saturated rings. The average molecular weight is 307 g/mol. The summed E-state index contributed by atoms with van der Waals surface area (Å²) in [5.74, 6) is 5.96. The summed E-state index contributed by atoms with van der Waals surface area (Å²) in [6.45, 7) is 6.19. The molecule has 118 valence electrons. The molecule has 2 aromatic carbocycles. The molecule has 0 saturated heterocycles. The molecule has 0 bridgehead atoms. The van der Waals surface area contributed by atoms with Crippen molar-refractivity contribution in [2.45, 2.75) is 26.3 Å². The molecule has 3 heteroatoms. The highest BCUT2D eigenvalue weighted by Gasteiger charge is 2.14. The topological polar surface area (TPSA) is 38.3 Å². The molecule has 0 aliphatic heterocycles. The quantitative estimate of drug-likeness (QED) is 0.671. The van der Waals surface area contributed by atoms with Crippen molar-refractivity contribution in [3.8, 4) is 11.8 Å². The summed E-state index contributed by atoms with van der Waals surface area (Å²) in [5.41, 5.74) is 2.98. The first-order chi connectivity index (χ1) is 10.9. The van der Waals surface area contributed by atoms with Crippen LogP contribution in [-0.2, 0) is 4.74 Å². The first-order valence-electron chi connectivity index (χ1n) is 7.47. The SMILES string of the molecule is COC(=O)c1ccc(C#Cc2ccccc2)c(NC(C)(C)C)c1. The second kappa shape index (κ2) is 7.02. The Morgan fingerprint density at radius 1 is 1.04 bits per heavy atom. The number of benzene rings is 2. The maximum Gasteiger partial charge on any atom is 0.337 e. The Morgan fingerprint density at radius 3 is 2.35 bits per heavy atom. The Kier molecular flexibility index (Phi) is 5.08. The van der Waals surface area contributed by atoms with E-state index in [2.05, 4.69) is 37.9 Å². The van der Waals surface area contributed by atoms with E-state index in [1.807, 2.05) is 36.4 Å². The van der Waals surface area contributed by atoms with Crippen LogP contribution in [0.3, 0.4) is 0 Å². The third kappa shape index (κ3) is 4.89. The molecule has 0 aliphatic carbocycles. The zero-order valence-electron chi connectivity index (χ0n) is 13.9. The van der Waals surface area contributed by atoms with Gasteiger partial charge in [0.15, 0.2) is 0 Å². The van der Waals surface area contributed by atoms with Gasteiger partial charge in [0.05, 0.1) is 18.4 Å². The van der Waals surface area contributed by atoms with Gasteiger partial charge in [-0.2, -0.15) is 0 Å². The molecule has 0 radical (unpaired) electrons. The van der Waals surface area contributed by atoms with E-state index >= 15 is 0 Å². The van der Waals surface area contributed by atoms with E-state index in [9.17, 15) is 4.79 Å². The molecule has 0 aromatic heterocycles. The van der Waals surface area contributed by atoms with Crippen LogP contribution in [0.1, 0.15) is 42.3 Å². The fourth-order valence-corrected chi connectivity index (χ4v) is 2.07. The van der Waals surface area contributed by atoms with Crippen molar-refractivity contribution in [1.29, 1.82) is 0 Å². The van der Waals surface area contributed by atoms with Crippen molar-refractivity contribution in [2.75, 3.05) is 12.4 Å². The molecular formula is C20H21NO2. The molecule has 2 rings (SSSR count). The molecule has 0 atom stereocenters. The lowest BCUT2D eigenvalue weighted by atomic mass is 10.0. The van der Waals surface area contributed by atoms with Gasteiger partial charge in [0.1, 0.15) is 0 Å². The van der Waals surface area contributed by atoms with E-state index in [-0.39, 0.29) is 11.5 Å². The normalized spacial score (nSPS) is 10.4. The summed E-state index contributed by atoms with van der Waals surface area (Å²) in [5, 5.41) is 3.40. The molecule has 0 saturated carbocycles. The van der Waals surface area contributed by atoms with Crippen molar-refractivity contribution in [3.63, 3.8) is 0 Å².